The predicted molar refractivity (Wildman–Crippen MR) is 256 cm³/mol. The first-order valence-electron chi connectivity index (χ1n) is 24.3. The lowest BCUT2D eigenvalue weighted by atomic mass is 10.0. The zero-order valence-electron chi connectivity index (χ0n) is 41.2. The molecule has 20 heteroatoms. The molecule has 0 unspecified atom stereocenters. The van der Waals surface area contributed by atoms with Gasteiger partial charge in [0.25, 0.3) is 0 Å². The summed E-state index contributed by atoms with van der Waals surface area (Å²) in [5.41, 5.74) is 7.55. The summed E-state index contributed by atoms with van der Waals surface area (Å²) < 4.78 is 57.7. The Kier molecular flexibility index (Phi) is 14.8. The van der Waals surface area contributed by atoms with Crippen molar-refractivity contribution in [3.8, 4) is 45.6 Å². The van der Waals surface area contributed by atoms with E-state index in [1.807, 2.05) is 61.8 Å². The highest BCUT2D eigenvalue weighted by Gasteiger charge is 2.30. The van der Waals surface area contributed by atoms with Crippen molar-refractivity contribution in [2.45, 2.75) is 90.5 Å². The van der Waals surface area contributed by atoms with Crippen LogP contribution in [0.15, 0.2) is 49.3 Å². The van der Waals surface area contributed by atoms with E-state index in [1.165, 1.54) is 26.4 Å². The van der Waals surface area contributed by atoms with Gasteiger partial charge in [-0.2, -0.15) is 20.4 Å². The average Bonchev–Trinajstić information content (AvgIpc) is 4.18. The SMILES string of the molecule is COc1ncc(-n2nc(-c3cnn(C[C@@H]4CCN(CC(C)(C)O)C4)c3)c3c2CCOCC3)cc1F.COc1ncc(-n2nc(-c3cnn(C[C@H]4CCN(CC(C)(C)O)C4)c3)c3c2CCOCC3)cc1F. The molecule has 4 aliphatic heterocycles. The van der Waals surface area contributed by atoms with E-state index in [1.54, 1.807) is 21.8 Å². The summed E-state index contributed by atoms with van der Waals surface area (Å²) in [5.74, 6) is -0.148. The standard InChI is InChI=1S/2C25H33FN6O3/c2*1-25(2,33)16-30-7-4-17(13-30)14-31-15-18(11-28-31)23-20-5-8-35-9-6-22(20)32(29-23)19-10-21(26)24(34-3)27-12-19/h2*10-12,15,17,33H,4-9,13-14,16H2,1-3H3/t2*17-/m10/s1. The van der Waals surface area contributed by atoms with E-state index < -0.39 is 22.8 Å². The molecule has 0 aromatic carbocycles. The second kappa shape index (κ2) is 21.0. The highest BCUT2D eigenvalue weighted by Crippen LogP contribution is 2.33. The number of nitrogens with zero attached hydrogens (tertiary/aromatic N) is 12. The highest BCUT2D eigenvalue weighted by atomic mass is 19.1. The first-order valence-corrected chi connectivity index (χ1v) is 24.3. The topological polar surface area (TPSA) is 181 Å². The fourth-order valence-corrected chi connectivity index (χ4v) is 10.4. The Hall–Kier alpha value is -5.64. The normalized spacial score (nSPS) is 19.1. The van der Waals surface area contributed by atoms with Gasteiger partial charge in [0.2, 0.25) is 11.8 Å². The van der Waals surface area contributed by atoms with Gasteiger partial charge < -0.3 is 39.0 Å². The minimum absolute atomic E-state index is 0.0372. The van der Waals surface area contributed by atoms with E-state index in [4.69, 9.17) is 29.1 Å². The van der Waals surface area contributed by atoms with Crippen molar-refractivity contribution in [1.29, 1.82) is 0 Å². The summed E-state index contributed by atoms with van der Waals surface area (Å²) in [7, 11) is 2.79. The number of hydrogen-bond acceptors (Lipinski definition) is 14. The van der Waals surface area contributed by atoms with Crippen molar-refractivity contribution in [3.05, 3.63) is 83.5 Å². The fourth-order valence-electron chi connectivity index (χ4n) is 10.4. The monoisotopic (exact) mass is 969 g/mol. The van der Waals surface area contributed by atoms with E-state index >= 15 is 0 Å². The summed E-state index contributed by atoms with van der Waals surface area (Å²) in [6.45, 7) is 16.7. The minimum atomic E-state index is -0.684. The first kappa shape index (κ1) is 49.3. The Morgan fingerprint density at radius 3 is 1.43 bits per heavy atom. The van der Waals surface area contributed by atoms with Crippen LogP contribution in [0.2, 0.25) is 0 Å². The van der Waals surface area contributed by atoms with Crippen LogP contribution in [-0.2, 0) is 48.2 Å². The van der Waals surface area contributed by atoms with E-state index in [2.05, 4.69) is 30.0 Å². The molecule has 0 aliphatic carbocycles. The molecule has 2 N–H and O–H groups in total. The quantitative estimate of drug-likeness (QED) is 0.149. The van der Waals surface area contributed by atoms with Gasteiger partial charge in [0.15, 0.2) is 11.6 Å². The third-order valence-electron chi connectivity index (χ3n) is 13.3. The van der Waals surface area contributed by atoms with Crippen LogP contribution in [0, 0.1) is 23.5 Å². The van der Waals surface area contributed by atoms with Crippen LogP contribution in [0.5, 0.6) is 11.8 Å². The van der Waals surface area contributed by atoms with Crippen LogP contribution in [-0.4, -0.2) is 160 Å². The van der Waals surface area contributed by atoms with Crippen molar-refractivity contribution >= 4 is 0 Å². The van der Waals surface area contributed by atoms with Crippen LogP contribution in [0.1, 0.15) is 63.1 Å². The van der Waals surface area contributed by atoms with E-state index in [0.717, 1.165) is 110 Å². The molecule has 10 rings (SSSR count). The molecule has 0 saturated carbocycles. The lowest BCUT2D eigenvalue weighted by Crippen LogP contribution is -2.37. The minimum Gasteiger partial charge on any atom is -0.479 e. The number of likely N-dealkylation sites (tertiary alicyclic amines) is 2. The maximum atomic E-state index is 14.4. The van der Waals surface area contributed by atoms with Crippen molar-refractivity contribution in [2.75, 3.05) is 79.9 Å². The number of aliphatic hydroxyl groups is 2. The fraction of sp³-hybridized carbons (Fsp3) is 0.560. The molecule has 0 radical (unpaired) electrons. The predicted octanol–water partition coefficient (Wildman–Crippen LogP) is 4.97. The first-order chi connectivity index (χ1) is 33.6. The molecule has 0 spiro atoms. The smallest absolute Gasteiger partial charge is 0.250 e. The number of ether oxygens (including phenoxy) is 4. The second-order valence-electron chi connectivity index (χ2n) is 20.3. The van der Waals surface area contributed by atoms with Gasteiger partial charge in [-0.25, -0.2) is 28.1 Å². The number of rotatable bonds is 14. The maximum absolute atomic E-state index is 14.4. The summed E-state index contributed by atoms with van der Waals surface area (Å²) in [6, 6.07) is 2.80. The largest absolute Gasteiger partial charge is 0.479 e. The molecular weight excluding hydrogens is 903 g/mol. The Labute approximate surface area is 407 Å². The van der Waals surface area contributed by atoms with Gasteiger partial charge in [-0.3, -0.25) is 9.36 Å². The van der Waals surface area contributed by atoms with Crippen LogP contribution in [0.25, 0.3) is 33.9 Å². The van der Waals surface area contributed by atoms with Crippen LogP contribution >= 0.6 is 0 Å². The summed E-state index contributed by atoms with van der Waals surface area (Å²) in [4.78, 5) is 12.8. The molecule has 18 nitrogen and oxygen atoms in total. The summed E-state index contributed by atoms with van der Waals surface area (Å²) in [5, 5.41) is 39.3. The van der Waals surface area contributed by atoms with Crippen molar-refractivity contribution in [1.82, 2.24) is 58.9 Å². The van der Waals surface area contributed by atoms with Gasteiger partial charge in [-0.05, 0) is 78.3 Å². The molecule has 2 fully saturated rings. The van der Waals surface area contributed by atoms with Crippen molar-refractivity contribution in [3.63, 3.8) is 0 Å². The number of β-amino-alcohol motifs (C(OH)–C–C–N with tert-alkyl or cyclic N) is 2. The van der Waals surface area contributed by atoms with Crippen molar-refractivity contribution < 1.29 is 37.9 Å². The zero-order chi connectivity index (χ0) is 49.2. The third kappa shape index (κ3) is 11.6. The third-order valence-corrected chi connectivity index (χ3v) is 13.3. The molecular formula is C50H66F2N12O6. The lowest BCUT2D eigenvalue weighted by molar-refractivity contribution is 0.0420. The Morgan fingerprint density at radius 1 is 0.629 bits per heavy atom. The molecule has 4 aliphatic rings. The number of fused-ring (bicyclic) bond motifs is 2. The number of aromatic nitrogens is 10. The molecule has 6 aromatic heterocycles. The molecule has 2 atom stereocenters. The maximum Gasteiger partial charge on any atom is 0.250 e. The van der Waals surface area contributed by atoms with Gasteiger partial charge >= 0.3 is 0 Å². The number of hydrogen-bond donors (Lipinski definition) is 2. The van der Waals surface area contributed by atoms with Crippen LogP contribution in [0.3, 0.4) is 0 Å². The summed E-state index contributed by atoms with van der Waals surface area (Å²) in [6.07, 6.45) is 16.0. The van der Waals surface area contributed by atoms with Gasteiger partial charge in [-0.15, -0.1) is 0 Å². The van der Waals surface area contributed by atoms with Gasteiger partial charge in [0, 0.05) is 98.9 Å². The Morgan fingerprint density at radius 2 is 1.04 bits per heavy atom. The van der Waals surface area contributed by atoms with Crippen LogP contribution < -0.4 is 9.47 Å². The van der Waals surface area contributed by atoms with Gasteiger partial charge in [-0.1, -0.05) is 0 Å². The van der Waals surface area contributed by atoms with Gasteiger partial charge in [0.05, 0.1) is 111 Å². The Bertz CT molecular complexity index is 2550. The molecule has 376 valence electrons. The van der Waals surface area contributed by atoms with Crippen LogP contribution in [0.4, 0.5) is 8.78 Å². The molecule has 6 aromatic rings. The van der Waals surface area contributed by atoms with Crippen molar-refractivity contribution in [2.24, 2.45) is 11.8 Å². The number of halogens is 2. The molecule has 10 heterocycles. The summed E-state index contributed by atoms with van der Waals surface area (Å²) >= 11 is 0. The molecule has 2 saturated heterocycles. The lowest BCUT2D eigenvalue weighted by Gasteiger charge is -2.25. The highest BCUT2D eigenvalue weighted by molar-refractivity contribution is 5.65. The van der Waals surface area contributed by atoms with E-state index in [-0.39, 0.29) is 11.8 Å². The molecule has 70 heavy (non-hydrogen) atoms. The Balaban J connectivity index is 0.000000174. The second-order valence-corrected chi connectivity index (χ2v) is 20.3. The molecule has 0 bridgehead atoms. The van der Waals surface area contributed by atoms with E-state index in [9.17, 15) is 19.0 Å². The average molecular weight is 969 g/mol. The number of methoxy groups -OCH3 is 2. The van der Waals surface area contributed by atoms with E-state index in [0.29, 0.717) is 75.6 Å². The number of pyridine rings is 2. The molecule has 0 amide bonds. The van der Waals surface area contributed by atoms with Gasteiger partial charge in [0.1, 0.15) is 0 Å². The zero-order valence-corrected chi connectivity index (χ0v) is 41.2.